The SMILES string of the molecule is CNCCN1C(=O)CC[C@H]2CN(C(=O)CCN3CCCO3)CC[C@H]21. The van der Waals surface area contributed by atoms with Gasteiger partial charge in [0.15, 0.2) is 0 Å². The lowest BCUT2D eigenvalue weighted by Gasteiger charge is -2.47. The number of hydroxylamine groups is 2. The summed E-state index contributed by atoms with van der Waals surface area (Å²) in [5, 5.41) is 5.03. The van der Waals surface area contributed by atoms with Gasteiger partial charge < -0.3 is 15.1 Å². The van der Waals surface area contributed by atoms with Crippen LogP contribution in [0.15, 0.2) is 0 Å². The number of likely N-dealkylation sites (tertiary alicyclic amines) is 2. The Balaban J connectivity index is 1.50. The molecule has 0 bridgehead atoms. The number of carbonyl (C=O) groups excluding carboxylic acids is 2. The Bertz CT molecular complexity index is 453. The molecule has 0 radical (unpaired) electrons. The van der Waals surface area contributed by atoms with Crippen LogP contribution in [-0.2, 0) is 14.4 Å². The van der Waals surface area contributed by atoms with Gasteiger partial charge in [0.2, 0.25) is 11.8 Å². The topological polar surface area (TPSA) is 65.1 Å². The quantitative estimate of drug-likeness (QED) is 0.743. The molecular weight excluding hydrogens is 308 g/mol. The summed E-state index contributed by atoms with van der Waals surface area (Å²) in [6.45, 7) is 5.57. The number of piperidine rings is 2. The fourth-order valence-corrected chi connectivity index (χ4v) is 4.15. The van der Waals surface area contributed by atoms with E-state index in [1.807, 2.05) is 21.9 Å². The molecule has 0 saturated carbocycles. The number of carbonyl (C=O) groups is 2. The van der Waals surface area contributed by atoms with Crippen molar-refractivity contribution in [2.75, 3.05) is 52.9 Å². The van der Waals surface area contributed by atoms with Crippen molar-refractivity contribution < 1.29 is 14.4 Å². The standard InChI is InChI=1S/C17H30N4O3/c1-18-7-11-21-15-5-9-19(13-14(15)3-4-17(21)23)16(22)6-10-20-8-2-12-24-20/h14-15,18H,2-13H2,1H3/t14-,15+/m0/s1. The second kappa shape index (κ2) is 8.27. The van der Waals surface area contributed by atoms with Gasteiger partial charge in [-0.05, 0) is 32.2 Å². The number of hydrogen-bond acceptors (Lipinski definition) is 5. The molecule has 1 N–H and O–H groups in total. The molecule has 3 heterocycles. The summed E-state index contributed by atoms with van der Waals surface area (Å²) in [6.07, 6.45) is 4.02. The minimum absolute atomic E-state index is 0.225. The Morgan fingerprint density at radius 3 is 2.92 bits per heavy atom. The van der Waals surface area contributed by atoms with E-state index in [1.54, 1.807) is 0 Å². The summed E-state index contributed by atoms with van der Waals surface area (Å²) in [4.78, 5) is 34.2. The monoisotopic (exact) mass is 338 g/mol. The Kier molecular flexibility index (Phi) is 6.08. The molecule has 0 aromatic heterocycles. The Hall–Kier alpha value is -1.18. The molecule has 0 spiro atoms. The van der Waals surface area contributed by atoms with Crippen molar-refractivity contribution in [3.63, 3.8) is 0 Å². The average molecular weight is 338 g/mol. The van der Waals surface area contributed by atoms with E-state index in [0.717, 1.165) is 58.6 Å². The molecule has 2 atom stereocenters. The summed E-state index contributed by atoms with van der Waals surface area (Å²) in [5.41, 5.74) is 0. The molecule has 3 aliphatic heterocycles. The molecule has 3 fully saturated rings. The number of hydrogen-bond donors (Lipinski definition) is 1. The number of fused-ring (bicyclic) bond motifs is 1. The van der Waals surface area contributed by atoms with Crippen molar-refractivity contribution in [2.45, 2.75) is 38.1 Å². The number of rotatable bonds is 6. The van der Waals surface area contributed by atoms with Gasteiger partial charge in [0.05, 0.1) is 6.61 Å². The highest BCUT2D eigenvalue weighted by Crippen LogP contribution is 2.31. The van der Waals surface area contributed by atoms with Crippen LogP contribution in [0.25, 0.3) is 0 Å². The van der Waals surface area contributed by atoms with E-state index in [2.05, 4.69) is 5.32 Å². The molecule has 0 aliphatic carbocycles. The smallest absolute Gasteiger partial charge is 0.223 e. The van der Waals surface area contributed by atoms with Gasteiger partial charge in [0.1, 0.15) is 0 Å². The van der Waals surface area contributed by atoms with Crippen molar-refractivity contribution in [1.29, 1.82) is 0 Å². The maximum absolute atomic E-state index is 12.5. The van der Waals surface area contributed by atoms with Gasteiger partial charge in [-0.15, -0.1) is 0 Å². The highest BCUT2D eigenvalue weighted by molar-refractivity contribution is 5.78. The summed E-state index contributed by atoms with van der Waals surface area (Å²) >= 11 is 0. The predicted octanol–water partition coefficient (Wildman–Crippen LogP) is 0.0727. The van der Waals surface area contributed by atoms with Crippen molar-refractivity contribution in [3.8, 4) is 0 Å². The van der Waals surface area contributed by atoms with Crippen molar-refractivity contribution in [2.24, 2.45) is 5.92 Å². The molecule has 136 valence electrons. The fourth-order valence-electron chi connectivity index (χ4n) is 4.15. The first-order valence-electron chi connectivity index (χ1n) is 9.28. The third-order valence-corrected chi connectivity index (χ3v) is 5.50. The van der Waals surface area contributed by atoms with E-state index in [-0.39, 0.29) is 11.8 Å². The zero-order valence-corrected chi connectivity index (χ0v) is 14.7. The predicted molar refractivity (Wildman–Crippen MR) is 90.1 cm³/mol. The molecule has 0 unspecified atom stereocenters. The Labute approximate surface area is 144 Å². The van der Waals surface area contributed by atoms with Crippen LogP contribution in [0.1, 0.15) is 32.1 Å². The van der Waals surface area contributed by atoms with Gasteiger partial charge >= 0.3 is 0 Å². The van der Waals surface area contributed by atoms with Crippen LogP contribution < -0.4 is 5.32 Å². The molecule has 3 saturated heterocycles. The molecule has 3 aliphatic rings. The highest BCUT2D eigenvalue weighted by atomic mass is 16.7. The lowest BCUT2D eigenvalue weighted by atomic mass is 9.83. The molecule has 3 rings (SSSR count). The maximum atomic E-state index is 12.5. The minimum Gasteiger partial charge on any atom is -0.342 e. The Morgan fingerprint density at radius 2 is 2.17 bits per heavy atom. The zero-order valence-electron chi connectivity index (χ0n) is 14.7. The molecule has 0 aromatic rings. The third-order valence-electron chi connectivity index (χ3n) is 5.50. The van der Waals surface area contributed by atoms with Crippen molar-refractivity contribution >= 4 is 11.8 Å². The second-order valence-corrected chi connectivity index (χ2v) is 7.05. The largest absolute Gasteiger partial charge is 0.342 e. The maximum Gasteiger partial charge on any atom is 0.223 e. The first kappa shape index (κ1) is 17.6. The van der Waals surface area contributed by atoms with E-state index in [0.29, 0.717) is 31.3 Å². The average Bonchev–Trinajstić information content (AvgIpc) is 3.12. The number of nitrogens with zero attached hydrogens (tertiary/aromatic N) is 3. The van der Waals surface area contributed by atoms with E-state index < -0.39 is 0 Å². The first-order valence-corrected chi connectivity index (χ1v) is 9.28. The molecule has 7 heteroatoms. The van der Waals surface area contributed by atoms with E-state index in [4.69, 9.17) is 4.84 Å². The van der Waals surface area contributed by atoms with Crippen LogP contribution in [0, 0.1) is 5.92 Å². The summed E-state index contributed by atoms with van der Waals surface area (Å²) in [6, 6.07) is 0.311. The van der Waals surface area contributed by atoms with E-state index in [9.17, 15) is 9.59 Å². The molecule has 2 amide bonds. The van der Waals surface area contributed by atoms with Crippen LogP contribution in [0.2, 0.25) is 0 Å². The van der Waals surface area contributed by atoms with Crippen LogP contribution in [0.5, 0.6) is 0 Å². The zero-order chi connectivity index (χ0) is 16.9. The van der Waals surface area contributed by atoms with Gasteiger partial charge in [-0.1, -0.05) is 0 Å². The van der Waals surface area contributed by atoms with Gasteiger partial charge in [-0.2, -0.15) is 5.06 Å². The molecule has 24 heavy (non-hydrogen) atoms. The van der Waals surface area contributed by atoms with Gasteiger partial charge in [0.25, 0.3) is 0 Å². The first-order chi connectivity index (χ1) is 11.7. The molecular formula is C17H30N4O3. The van der Waals surface area contributed by atoms with E-state index >= 15 is 0 Å². The van der Waals surface area contributed by atoms with Crippen LogP contribution in [0.4, 0.5) is 0 Å². The van der Waals surface area contributed by atoms with Gasteiger partial charge in [-0.25, -0.2) is 0 Å². The van der Waals surface area contributed by atoms with E-state index in [1.165, 1.54) is 0 Å². The van der Waals surface area contributed by atoms with Crippen LogP contribution >= 0.6 is 0 Å². The summed E-state index contributed by atoms with van der Waals surface area (Å²) in [5.74, 6) is 0.931. The number of nitrogens with one attached hydrogen (secondary N) is 1. The lowest BCUT2D eigenvalue weighted by Crippen LogP contribution is -2.57. The van der Waals surface area contributed by atoms with Crippen LogP contribution in [-0.4, -0.2) is 85.6 Å². The highest BCUT2D eigenvalue weighted by Gasteiger charge is 2.39. The number of likely N-dealkylation sites (N-methyl/N-ethyl adjacent to an activating group) is 1. The molecule has 0 aromatic carbocycles. The van der Waals surface area contributed by atoms with Crippen molar-refractivity contribution in [3.05, 3.63) is 0 Å². The van der Waals surface area contributed by atoms with Gasteiger partial charge in [0, 0.05) is 58.2 Å². The van der Waals surface area contributed by atoms with Crippen LogP contribution in [0.3, 0.4) is 0 Å². The second-order valence-electron chi connectivity index (χ2n) is 7.05. The molecule has 7 nitrogen and oxygen atoms in total. The third kappa shape index (κ3) is 4.07. The normalized spacial score (nSPS) is 28.3. The van der Waals surface area contributed by atoms with Crippen molar-refractivity contribution in [1.82, 2.24) is 20.2 Å². The summed E-state index contributed by atoms with van der Waals surface area (Å²) < 4.78 is 0. The fraction of sp³-hybridized carbons (Fsp3) is 0.882. The Morgan fingerprint density at radius 1 is 1.29 bits per heavy atom. The van der Waals surface area contributed by atoms with Gasteiger partial charge in [-0.3, -0.25) is 14.4 Å². The summed E-state index contributed by atoms with van der Waals surface area (Å²) in [7, 11) is 1.91. The minimum atomic E-state index is 0.225. The lowest BCUT2D eigenvalue weighted by molar-refractivity contribution is -0.146. The number of amides is 2.